The summed E-state index contributed by atoms with van der Waals surface area (Å²) in [5, 5.41) is 3.34. The first-order valence-corrected chi connectivity index (χ1v) is 5.84. The fourth-order valence-corrected chi connectivity index (χ4v) is 1.77. The Bertz CT molecular complexity index is 226. The molecule has 0 amide bonds. The molecular formula is C12H23NO2. The van der Waals surface area contributed by atoms with Gasteiger partial charge in [-0.2, -0.15) is 0 Å². The molecule has 0 bridgehead atoms. The zero-order valence-electron chi connectivity index (χ0n) is 10.3. The molecule has 1 N–H and O–H groups in total. The van der Waals surface area contributed by atoms with E-state index in [9.17, 15) is 4.79 Å². The molecule has 1 rings (SSSR count). The summed E-state index contributed by atoms with van der Waals surface area (Å²) in [4.78, 5) is 11.3. The Hall–Kier alpha value is -0.570. The van der Waals surface area contributed by atoms with Crippen molar-refractivity contribution in [3.05, 3.63) is 0 Å². The molecular weight excluding hydrogens is 190 g/mol. The molecule has 2 atom stereocenters. The third kappa shape index (κ3) is 3.82. The lowest BCUT2D eigenvalue weighted by molar-refractivity contribution is -0.147. The van der Waals surface area contributed by atoms with Gasteiger partial charge >= 0.3 is 5.97 Å². The summed E-state index contributed by atoms with van der Waals surface area (Å²) in [6, 6.07) is 0. The summed E-state index contributed by atoms with van der Waals surface area (Å²) in [7, 11) is 0. The Morgan fingerprint density at radius 3 is 2.67 bits per heavy atom. The predicted molar refractivity (Wildman–Crippen MR) is 60.6 cm³/mol. The third-order valence-electron chi connectivity index (χ3n) is 3.25. The van der Waals surface area contributed by atoms with Crippen LogP contribution in [0.5, 0.6) is 0 Å². The number of carbonyl (C=O) groups is 1. The Morgan fingerprint density at radius 2 is 2.20 bits per heavy atom. The van der Waals surface area contributed by atoms with E-state index in [1.54, 1.807) is 0 Å². The van der Waals surface area contributed by atoms with Crippen molar-refractivity contribution in [2.45, 2.75) is 34.1 Å². The van der Waals surface area contributed by atoms with Crippen LogP contribution in [0.15, 0.2) is 0 Å². The predicted octanol–water partition coefficient (Wildman–Crippen LogP) is 1.82. The van der Waals surface area contributed by atoms with E-state index in [4.69, 9.17) is 4.74 Å². The van der Waals surface area contributed by atoms with Gasteiger partial charge in [0.1, 0.15) is 0 Å². The molecule has 0 heterocycles. The molecule has 0 aromatic rings. The Labute approximate surface area is 92.6 Å². The van der Waals surface area contributed by atoms with Gasteiger partial charge in [-0.05, 0) is 31.2 Å². The average molecular weight is 213 g/mol. The number of nitrogens with one attached hydrogen (secondary N) is 1. The number of ether oxygens (including phenoxy) is 1. The maximum atomic E-state index is 11.3. The largest absolute Gasteiger partial charge is 0.466 e. The third-order valence-corrected chi connectivity index (χ3v) is 3.25. The number of hydrogen-bond donors (Lipinski definition) is 1. The number of esters is 1. The van der Waals surface area contributed by atoms with Crippen LogP contribution in [0.2, 0.25) is 0 Å². The van der Waals surface area contributed by atoms with Crippen molar-refractivity contribution in [1.82, 2.24) is 5.32 Å². The maximum absolute atomic E-state index is 11.3. The van der Waals surface area contributed by atoms with Gasteiger partial charge < -0.3 is 10.1 Å². The van der Waals surface area contributed by atoms with Crippen molar-refractivity contribution in [3.8, 4) is 0 Å². The molecule has 2 unspecified atom stereocenters. The minimum atomic E-state index is -0.0972. The minimum Gasteiger partial charge on any atom is -0.466 e. The summed E-state index contributed by atoms with van der Waals surface area (Å²) < 4.78 is 4.94. The molecule has 0 aromatic carbocycles. The molecule has 0 aromatic heterocycles. The summed E-state index contributed by atoms with van der Waals surface area (Å²) in [5.74, 6) is 0.652. The van der Waals surface area contributed by atoms with Crippen molar-refractivity contribution in [2.75, 3.05) is 19.7 Å². The minimum absolute atomic E-state index is 0.0354. The molecule has 0 saturated heterocycles. The second-order valence-electron chi connectivity index (χ2n) is 5.20. The number of rotatable bonds is 6. The lowest BCUT2D eigenvalue weighted by Crippen LogP contribution is -2.29. The normalized spacial score (nSPS) is 24.7. The van der Waals surface area contributed by atoms with Crippen LogP contribution in [-0.2, 0) is 9.53 Å². The van der Waals surface area contributed by atoms with E-state index >= 15 is 0 Å². The highest BCUT2D eigenvalue weighted by Crippen LogP contribution is 2.50. The van der Waals surface area contributed by atoms with Crippen LogP contribution < -0.4 is 5.32 Å². The fraction of sp³-hybridized carbons (Fsp3) is 0.917. The van der Waals surface area contributed by atoms with E-state index < -0.39 is 0 Å². The number of hydrogen-bond acceptors (Lipinski definition) is 3. The van der Waals surface area contributed by atoms with Crippen LogP contribution >= 0.6 is 0 Å². The van der Waals surface area contributed by atoms with E-state index in [0.29, 0.717) is 12.0 Å². The second kappa shape index (κ2) is 4.97. The van der Waals surface area contributed by atoms with E-state index in [-0.39, 0.29) is 11.9 Å². The molecule has 3 nitrogen and oxygen atoms in total. The van der Waals surface area contributed by atoms with Gasteiger partial charge in [-0.1, -0.05) is 20.8 Å². The summed E-state index contributed by atoms with van der Waals surface area (Å²) in [5.41, 5.74) is 0.514. The van der Waals surface area contributed by atoms with Crippen molar-refractivity contribution in [3.63, 3.8) is 0 Å². The van der Waals surface area contributed by atoms with Gasteiger partial charge in [-0.25, -0.2) is 0 Å². The summed E-state index contributed by atoms with van der Waals surface area (Å²) in [6.07, 6.45) is 1.30. The lowest BCUT2D eigenvalue weighted by atomic mass is 10.1. The Kier molecular flexibility index (Phi) is 4.14. The molecule has 3 heteroatoms. The highest BCUT2D eigenvalue weighted by molar-refractivity contribution is 5.72. The SMILES string of the molecule is CCOC(=O)C(C)CNCC1CC1(C)C. The smallest absolute Gasteiger partial charge is 0.309 e. The van der Waals surface area contributed by atoms with Crippen LogP contribution in [0.3, 0.4) is 0 Å². The van der Waals surface area contributed by atoms with Crippen LogP contribution in [-0.4, -0.2) is 25.7 Å². The van der Waals surface area contributed by atoms with Crippen LogP contribution in [0.25, 0.3) is 0 Å². The Morgan fingerprint density at radius 1 is 1.60 bits per heavy atom. The molecule has 88 valence electrons. The first-order valence-electron chi connectivity index (χ1n) is 5.84. The zero-order chi connectivity index (χ0) is 11.5. The monoisotopic (exact) mass is 213 g/mol. The van der Waals surface area contributed by atoms with Gasteiger partial charge in [0.25, 0.3) is 0 Å². The topological polar surface area (TPSA) is 38.3 Å². The van der Waals surface area contributed by atoms with Crippen molar-refractivity contribution in [1.29, 1.82) is 0 Å². The summed E-state index contributed by atoms with van der Waals surface area (Å²) in [6.45, 7) is 10.5. The molecule has 1 saturated carbocycles. The van der Waals surface area contributed by atoms with Gasteiger partial charge in [0.05, 0.1) is 12.5 Å². The van der Waals surface area contributed by atoms with E-state index in [2.05, 4.69) is 19.2 Å². The number of carbonyl (C=O) groups excluding carboxylic acids is 1. The first kappa shape index (κ1) is 12.5. The molecule has 1 aliphatic rings. The highest BCUT2D eigenvalue weighted by atomic mass is 16.5. The van der Waals surface area contributed by atoms with Gasteiger partial charge in [0.15, 0.2) is 0 Å². The van der Waals surface area contributed by atoms with E-state index in [1.165, 1.54) is 6.42 Å². The maximum Gasteiger partial charge on any atom is 0.309 e. The molecule has 1 aliphatic carbocycles. The molecule has 1 fully saturated rings. The van der Waals surface area contributed by atoms with Gasteiger partial charge in [-0.15, -0.1) is 0 Å². The van der Waals surface area contributed by atoms with Crippen LogP contribution in [0.1, 0.15) is 34.1 Å². The van der Waals surface area contributed by atoms with Crippen LogP contribution in [0, 0.1) is 17.3 Å². The second-order valence-corrected chi connectivity index (χ2v) is 5.20. The average Bonchev–Trinajstić information content (AvgIpc) is 2.74. The van der Waals surface area contributed by atoms with Gasteiger partial charge in [-0.3, -0.25) is 4.79 Å². The first-order chi connectivity index (χ1) is 6.97. The van der Waals surface area contributed by atoms with Crippen LogP contribution in [0.4, 0.5) is 0 Å². The van der Waals surface area contributed by atoms with Crippen molar-refractivity contribution >= 4 is 5.97 Å². The van der Waals surface area contributed by atoms with Crippen molar-refractivity contribution in [2.24, 2.45) is 17.3 Å². The van der Waals surface area contributed by atoms with E-state index in [1.807, 2.05) is 13.8 Å². The summed E-state index contributed by atoms with van der Waals surface area (Å²) >= 11 is 0. The van der Waals surface area contributed by atoms with E-state index in [0.717, 1.165) is 19.0 Å². The van der Waals surface area contributed by atoms with Gasteiger partial charge in [0, 0.05) is 6.54 Å². The molecule has 0 radical (unpaired) electrons. The standard InChI is InChI=1S/C12H23NO2/c1-5-15-11(14)9(2)7-13-8-10-6-12(10,3)4/h9-10,13H,5-8H2,1-4H3. The quantitative estimate of drug-likeness (QED) is 0.684. The molecule has 15 heavy (non-hydrogen) atoms. The highest BCUT2D eigenvalue weighted by Gasteiger charge is 2.44. The lowest BCUT2D eigenvalue weighted by Gasteiger charge is -2.11. The molecule has 0 aliphatic heterocycles. The zero-order valence-corrected chi connectivity index (χ0v) is 10.3. The van der Waals surface area contributed by atoms with Gasteiger partial charge in [0.2, 0.25) is 0 Å². The Balaban J connectivity index is 2.07. The fourth-order valence-electron chi connectivity index (χ4n) is 1.77. The molecule has 0 spiro atoms. The van der Waals surface area contributed by atoms with Crippen molar-refractivity contribution < 1.29 is 9.53 Å².